The maximum atomic E-state index is 12.7. The quantitative estimate of drug-likeness (QED) is 0.602. The molecule has 8 heteroatoms. The molecule has 140 valence electrons. The summed E-state index contributed by atoms with van der Waals surface area (Å²) < 4.78 is 6.85. The fourth-order valence-electron chi connectivity index (χ4n) is 3.46. The minimum absolute atomic E-state index is 0.136. The fraction of sp³-hybridized carbons (Fsp3) is 0.474. The van der Waals surface area contributed by atoms with Crippen molar-refractivity contribution in [3.8, 4) is 0 Å². The van der Waals surface area contributed by atoms with E-state index in [1.165, 1.54) is 16.5 Å². The lowest BCUT2D eigenvalue weighted by Gasteiger charge is -2.31. The van der Waals surface area contributed by atoms with Gasteiger partial charge in [0.15, 0.2) is 0 Å². The molecule has 3 aromatic rings. The monoisotopic (exact) mass is 400 g/mol. The van der Waals surface area contributed by atoms with Crippen molar-refractivity contribution in [2.45, 2.75) is 42.7 Å². The Hall–Kier alpha value is -1.93. The van der Waals surface area contributed by atoms with Crippen molar-refractivity contribution < 1.29 is 9.21 Å². The number of carbonyl (C=O) groups is 1. The largest absolute Gasteiger partial charge is 0.416 e. The number of carbonyl (C=O) groups excluding carboxylic acids is 1. The van der Waals surface area contributed by atoms with Gasteiger partial charge < -0.3 is 9.32 Å². The zero-order valence-electron chi connectivity index (χ0n) is 14.8. The normalized spacial score (nSPS) is 20.3. The van der Waals surface area contributed by atoms with Crippen LogP contribution >= 0.6 is 23.1 Å². The van der Waals surface area contributed by atoms with E-state index in [-0.39, 0.29) is 5.91 Å². The van der Waals surface area contributed by atoms with Crippen molar-refractivity contribution in [3.05, 3.63) is 35.2 Å². The molecule has 5 rings (SSSR count). The maximum absolute atomic E-state index is 12.7. The lowest BCUT2D eigenvalue weighted by atomic mass is 9.99. The van der Waals surface area contributed by atoms with Crippen LogP contribution in [-0.2, 0) is 4.79 Å². The summed E-state index contributed by atoms with van der Waals surface area (Å²) in [5.74, 6) is 1.98. The van der Waals surface area contributed by atoms with Crippen molar-refractivity contribution >= 4 is 39.2 Å². The molecular weight excluding hydrogens is 380 g/mol. The number of likely N-dealkylation sites (tertiary alicyclic amines) is 1. The van der Waals surface area contributed by atoms with E-state index in [9.17, 15) is 4.79 Å². The number of benzene rings is 1. The summed E-state index contributed by atoms with van der Waals surface area (Å²) in [5, 5.41) is 9.77. The van der Waals surface area contributed by atoms with Crippen molar-refractivity contribution in [2.24, 2.45) is 0 Å². The van der Waals surface area contributed by atoms with Crippen LogP contribution in [0.3, 0.4) is 0 Å². The molecule has 0 radical (unpaired) electrons. The summed E-state index contributed by atoms with van der Waals surface area (Å²) in [7, 11) is 0. The molecule has 2 fully saturated rings. The third-order valence-corrected chi connectivity index (χ3v) is 7.10. The number of amides is 1. The van der Waals surface area contributed by atoms with Crippen molar-refractivity contribution in [1.29, 1.82) is 0 Å². The zero-order valence-corrected chi connectivity index (χ0v) is 16.5. The van der Waals surface area contributed by atoms with Crippen LogP contribution in [0.5, 0.6) is 0 Å². The number of hydrogen-bond donors (Lipinski definition) is 0. The van der Waals surface area contributed by atoms with Gasteiger partial charge in [0.25, 0.3) is 5.22 Å². The average molecular weight is 401 g/mol. The average Bonchev–Trinajstić information content (AvgIpc) is 3.28. The van der Waals surface area contributed by atoms with E-state index in [4.69, 9.17) is 9.40 Å². The van der Waals surface area contributed by atoms with Crippen LogP contribution in [0.15, 0.2) is 33.9 Å². The van der Waals surface area contributed by atoms with Crippen LogP contribution in [0.25, 0.3) is 10.2 Å². The Kier molecular flexibility index (Phi) is 4.61. The van der Waals surface area contributed by atoms with Crippen molar-refractivity contribution in [3.63, 3.8) is 0 Å². The van der Waals surface area contributed by atoms with E-state index in [2.05, 4.69) is 22.3 Å². The number of fused-ring (bicyclic) bond motifs is 1. The predicted octanol–water partition coefficient (Wildman–Crippen LogP) is 4.06. The van der Waals surface area contributed by atoms with Gasteiger partial charge in [0.1, 0.15) is 0 Å². The molecule has 2 aromatic heterocycles. The highest BCUT2D eigenvalue weighted by molar-refractivity contribution is 7.99. The van der Waals surface area contributed by atoms with Crippen LogP contribution in [0.2, 0.25) is 0 Å². The summed E-state index contributed by atoms with van der Waals surface area (Å²) in [6.45, 7) is 1.56. The van der Waals surface area contributed by atoms with E-state index < -0.39 is 0 Å². The highest BCUT2D eigenvalue weighted by Gasteiger charge is 2.30. The number of thioether (sulfide) groups is 1. The highest BCUT2D eigenvalue weighted by atomic mass is 32.2. The van der Waals surface area contributed by atoms with E-state index in [0.29, 0.717) is 22.8 Å². The molecule has 0 bridgehead atoms. The fourth-order valence-corrected chi connectivity index (χ4v) is 5.22. The first kappa shape index (κ1) is 17.2. The smallest absolute Gasteiger partial charge is 0.277 e. The maximum Gasteiger partial charge on any atom is 0.277 e. The minimum Gasteiger partial charge on any atom is -0.416 e. The van der Waals surface area contributed by atoms with Crippen molar-refractivity contribution in [1.82, 2.24) is 20.1 Å². The number of thiazole rings is 1. The zero-order chi connectivity index (χ0) is 18.2. The van der Waals surface area contributed by atoms with Gasteiger partial charge in [0.05, 0.1) is 21.0 Å². The second kappa shape index (κ2) is 7.24. The number of aromatic nitrogens is 3. The second-order valence-corrected chi connectivity index (χ2v) is 9.16. The Labute approximate surface area is 165 Å². The van der Waals surface area contributed by atoms with Crippen molar-refractivity contribution in [2.75, 3.05) is 18.8 Å². The number of piperidine rings is 1. The Morgan fingerprint density at radius 2 is 2.11 bits per heavy atom. The molecule has 27 heavy (non-hydrogen) atoms. The first-order valence-corrected chi connectivity index (χ1v) is 11.2. The summed E-state index contributed by atoms with van der Waals surface area (Å²) in [4.78, 5) is 19.4. The predicted molar refractivity (Wildman–Crippen MR) is 105 cm³/mol. The van der Waals surface area contributed by atoms with Gasteiger partial charge in [-0.05, 0) is 37.8 Å². The van der Waals surface area contributed by atoms with Crippen LogP contribution in [0.4, 0.5) is 0 Å². The van der Waals surface area contributed by atoms with Crippen LogP contribution in [0, 0.1) is 0 Å². The van der Waals surface area contributed by atoms with Gasteiger partial charge in [-0.3, -0.25) is 4.79 Å². The molecule has 2 aliphatic rings. The highest BCUT2D eigenvalue weighted by Crippen LogP contribution is 2.40. The summed E-state index contributed by atoms with van der Waals surface area (Å²) in [6.07, 6.45) is 4.37. The molecule has 1 saturated heterocycles. The summed E-state index contributed by atoms with van der Waals surface area (Å²) >= 11 is 3.10. The molecule has 1 atom stereocenters. The Morgan fingerprint density at radius 3 is 2.96 bits per heavy atom. The third kappa shape index (κ3) is 3.73. The molecule has 6 nitrogen and oxygen atoms in total. The Balaban J connectivity index is 1.21. The SMILES string of the molecule is O=C(CSc1nnc(C2CC2)o1)N1CCC[C@H](c2nc3ccccc3s2)C1. The van der Waals surface area contributed by atoms with Gasteiger partial charge in [0.2, 0.25) is 11.8 Å². The molecular formula is C19H20N4O2S2. The van der Waals surface area contributed by atoms with Crippen LogP contribution in [0.1, 0.15) is 48.4 Å². The topological polar surface area (TPSA) is 72.1 Å². The van der Waals surface area contributed by atoms with Crippen LogP contribution in [-0.4, -0.2) is 44.8 Å². The Morgan fingerprint density at radius 1 is 1.22 bits per heavy atom. The van der Waals surface area contributed by atoms with Gasteiger partial charge >= 0.3 is 0 Å². The summed E-state index contributed by atoms with van der Waals surface area (Å²) in [5.41, 5.74) is 1.05. The van der Waals surface area contributed by atoms with E-state index in [1.807, 2.05) is 17.0 Å². The molecule has 3 heterocycles. The standard InChI is InChI=1S/C19H20N4O2S2/c24-16(11-26-19-22-21-17(25-19)12-7-8-12)23-9-3-4-13(10-23)18-20-14-5-1-2-6-15(14)27-18/h1-2,5-6,12-13H,3-4,7-11H2/t13-/m0/s1. The molecule has 0 spiro atoms. The summed E-state index contributed by atoms with van der Waals surface area (Å²) in [6, 6.07) is 8.23. The third-order valence-electron chi connectivity index (χ3n) is 5.10. The first-order chi connectivity index (χ1) is 13.3. The van der Waals surface area contributed by atoms with Gasteiger partial charge in [-0.25, -0.2) is 4.98 Å². The number of nitrogens with zero attached hydrogens (tertiary/aromatic N) is 4. The number of hydrogen-bond acceptors (Lipinski definition) is 7. The van der Waals surface area contributed by atoms with E-state index >= 15 is 0 Å². The first-order valence-electron chi connectivity index (χ1n) is 9.36. The molecule has 1 aromatic carbocycles. The number of rotatable bonds is 5. The minimum atomic E-state index is 0.136. The lowest BCUT2D eigenvalue weighted by Crippen LogP contribution is -2.40. The van der Waals surface area contributed by atoms with Crippen LogP contribution < -0.4 is 0 Å². The molecule has 1 saturated carbocycles. The van der Waals surface area contributed by atoms with Gasteiger partial charge in [-0.1, -0.05) is 23.9 Å². The Bertz CT molecular complexity index is 932. The van der Waals surface area contributed by atoms with E-state index in [1.54, 1.807) is 11.3 Å². The number of para-hydroxylation sites is 1. The molecule has 1 amide bonds. The second-order valence-electron chi connectivity index (χ2n) is 7.17. The molecule has 1 aliphatic carbocycles. The van der Waals surface area contributed by atoms with E-state index in [0.717, 1.165) is 55.2 Å². The molecule has 1 aliphatic heterocycles. The van der Waals surface area contributed by atoms with Gasteiger partial charge in [-0.15, -0.1) is 21.5 Å². The van der Waals surface area contributed by atoms with Gasteiger partial charge in [0, 0.05) is 24.9 Å². The molecule has 0 N–H and O–H groups in total. The lowest BCUT2D eigenvalue weighted by molar-refractivity contribution is -0.129. The molecule has 0 unspecified atom stereocenters. The van der Waals surface area contributed by atoms with Gasteiger partial charge in [-0.2, -0.15) is 0 Å².